The van der Waals surface area contributed by atoms with Crippen molar-refractivity contribution in [3.8, 4) is 11.3 Å². The second-order valence-electron chi connectivity index (χ2n) is 5.32. The van der Waals surface area contributed by atoms with Crippen molar-refractivity contribution in [2.24, 2.45) is 0 Å². The zero-order valence-electron chi connectivity index (χ0n) is 11.9. The van der Waals surface area contributed by atoms with Gasteiger partial charge in [-0.1, -0.05) is 12.1 Å². The van der Waals surface area contributed by atoms with Crippen LogP contribution in [0.2, 0.25) is 0 Å². The third kappa shape index (κ3) is 1.89. The summed E-state index contributed by atoms with van der Waals surface area (Å²) in [5.41, 5.74) is 6.06. The average Bonchev–Trinajstić information content (AvgIpc) is 2.87. The molecule has 3 nitrogen and oxygen atoms in total. The number of nitrogens with zero attached hydrogens (tertiary/aromatic N) is 2. The molecule has 21 heavy (non-hydrogen) atoms. The summed E-state index contributed by atoms with van der Waals surface area (Å²) in [6.07, 6.45) is 3.61. The number of aryl methyl sites for hydroxylation is 2. The van der Waals surface area contributed by atoms with E-state index in [2.05, 4.69) is 42.0 Å². The molecule has 0 aliphatic carbocycles. The molecule has 3 aromatic heterocycles. The van der Waals surface area contributed by atoms with Crippen molar-refractivity contribution in [1.82, 2.24) is 9.97 Å². The molecular weight excluding hydrogens is 260 g/mol. The van der Waals surface area contributed by atoms with Crippen molar-refractivity contribution < 1.29 is 4.42 Å². The number of aromatic nitrogens is 2. The summed E-state index contributed by atoms with van der Waals surface area (Å²) in [5.74, 6) is 0. The molecule has 102 valence electrons. The Bertz CT molecular complexity index is 969. The second kappa shape index (κ2) is 4.42. The summed E-state index contributed by atoms with van der Waals surface area (Å²) in [7, 11) is 0. The summed E-state index contributed by atoms with van der Waals surface area (Å²) < 4.78 is 5.82. The van der Waals surface area contributed by atoms with Crippen LogP contribution >= 0.6 is 0 Å². The summed E-state index contributed by atoms with van der Waals surface area (Å²) >= 11 is 0. The summed E-state index contributed by atoms with van der Waals surface area (Å²) in [6.45, 7) is 4.23. The van der Waals surface area contributed by atoms with Crippen LogP contribution in [-0.4, -0.2) is 9.97 Å². The largest absolute Gasteiger partial charge is 0.438 e. The van der Waals surface area contributed by atoms with E-state index in [-0.39, 0.29) is 0 Å². The van der Waals surface area contributed by atoms with Crippen molar-refractivity contribution in [2.45, 2.75) is 13.8 Å². The van der Waals surface area contributed by atoms with Crippen LogP contribution in [0.5, 0.6) is 0 Å². The van der Waals surface area contributed by atoms with Gasteiger partial charge >= 0.3 is 0 Å². The number of benzene rings is 1. The molecule has 0 fully saturated rings. The molecule has 0 unspecified atom stereocenters. The van der Waals surface area contributed by atoms with E-state index in [0.717, 1.165) is 27.6 Å². The van der Waals surface area contributed by atoms with E-state index in [1.165, 1.54) is 11.1 Å². The van der Waals surface area contributed by atoms with Gasteiger partial charge in [-0.15, -0.1) is 0 Å². The number of hydrogen-bond acceptors (Lipinski definition) is 3. The third-order valence-electron chi connectivity index (χ3n) is 3.94. The molecule has 0 amide bonds. The number of furan rings is 1. The highest BCUT2D eigenvalue weighted by molar-refractivity contribution is 6.03. The molecule has 4 aromatic rings. The topological polar surface area (TPSA) is 38.9 Å². The van der Waals surface area contributed by atoms with Crippen LogP contribution < -0.4 is 0 Å². The van der Waals surface area contributed by atoms with Crippen LogP contribution in [-0.2, 0) is 0 Å². The van der Waals surface area contributed by atoms with Gasteiger partial charge in [0.25, 0.3) is 0 Å². The number of pyridine rings is 2. The molecule has 0 saturated heterocycles. The van der Waals surface area contributed by atoms with E-state index in [1.807, 2.05) is 24.4 Å². The quantitative estimate of drug-likeness (QED) is 0.506. The first-order chi connectivity index (χ1) is 10.2. The van der Waals surface area contributed by atoms with Gasteiger partial charge in [-0.2, -0.15) is 0 Å². The van der Waals surface area contributed by atoms with Gasteiger partial charge < -0.3 is 4.42 Å². The van der Waals surface area contributed by atoms with Crippen LogP contribution in [0.3, 0.4) is 0 Å². The first-order valence-corrected chi connectivity index (χ1v) is 6.93. The van der Waals surface area contributed by atoms with E-state index in [0.29, 0.717) is 5.71 Å². The molecule has 0 atom stereocenters. The molecule has 4 rings (SSSR count). The minimum Gasteiger partial charge on any atom is -0.438 e. The van der Waals surface area contributed by atoms with Crippen molar-refractivity contribution in [1.29, 1.82) is 0 Å². The highest BCUT2D eigenvalue weighted by Crippen LogP contribution is 2.29. The van der Waals surface area contributed by atoms with Gasteiger partial charge in [-0.3, -0.25) is 4.98 Å². The molecule has 0 radical (unpaired) electrons. The lowest BCUT2D eigenvalue weighted by Gasteiger charge is -2.04. The second-order valence-corrected chi connectivity index (χ2v) is 5.32. The van der Waals surface area contributed by atoms with E-state index in [4.69, 9.17) is 4.42 Å². The van der Waals surface area contributed by atoms with Crippen LogP contribution in [0.25, 0.3) is 33.3 Å². The average molecular weight is 274 g/mol. The molecule has 0 N–H and O–H groups in total. The zero-order valence-corrected chi connectivity index (χ0v) is 11.9. The van der Waals surface area contributed by atoms with Gasteiger partial charge in [0.05, 0.1) is 5.69 Å². The Balaban J connectivity index is 1.94. The maximum atomic E-state index is 5.82. The van der Waals surface area contributed by atoms with Crippen molar-refractivity contribution in [3.05, 3.63) is 59.9 Å². The number of rotatable bonds is 1. The van der Waals surface area contributed by atoms with Gasteiger partial charge in [-0.05, 0) is 43.2 Å². The fraction of sp³-hybridized carbons (Fsp3) is 0.111. The van der Waals surface area contributed by atoms with Gasteiger partial charge in [0.2, 0.25) is 5.71 Å². The predicted molar refractivity (Wildman–Crippen MR) is 84.2 cm³/mol. The SMILES string of the molecule is Cc1ccc(-c2cc3oc4ncccc4c3cn2)cc1C. The summed E-state index contributed by atoms with van der Waals surface area (Å²) in [4.78, 5) is 8.83. The van der Waals surface area contributed by atoms with Crippen molar-refractivity contribution >= 4 is 22.1 Å². The highest BCUT2D eigenvalue weighted by atomic mass is 16.3. The summed E-state index contributed by atoms with van der Waals surface area (Å²) in [6, 6.07) is 12.3. The maximum Gasteiger partial charge on any atom is 0.227 e. The van der Waals surface area contributed by atoms with E-state index in [9.17, 15) is 0 Å². The summed E-state index contributed by atoms with van der Waals surface area (Å²) in [5, 5.41) is 2.01. The minimum absolute atomic E-state index is 0.659. The molecule has 1 aromatic carbocycles. The Kier molecular flexibility index (Phi) is 2.54. The number of hydrogen-bond donors (Lipinski definition) is 0. The maximum absolute atomic E-state index is 5.82. The van der Waals surface area contributed by atoms with E-state index in [1.54, 1.807) is 6.20 Å². The Labute approximate surface area is 122 Å². The smallest absolute Gasteiger partial charge is 0.227 e. The normalized spacial score (nSPS) is 11.3. The van der Waals surface area contributed by atoms with Gasteiger partial charge in [0.1, 0.15) is 5.58 Å². The molecule has 0 aliphatic heterocycles. The molecule has 0 aliphatic rings. The van der Waals surface area contributed by atoms with E-state index < -0.39 is 0 Å². The number of fused-ring (bicyclic) bond motifs is 3. The third-order valence-corrected chi connectivity index (χ3v) is 3.94. The lowest BCUT2D eigenvalue weighted by Crippen LogP contribution is -1.86. The Morgan fingerprint density at radius 1 is 0.905 bits per heavy atom. The predicted octanol–water partition coefficient (Wildman–Crippen LogP) is 4.66. The van der Waals surface area contributed by atoms with Gasteiger partial charge in [-0.25, -0.2) is 4.98 Å². The molecule has 0 saturated carbocycles. The molecule has 3 heterocycles. The molecular formula is C18H14N2O. The monoisotopic (exact) mass is 274 g/mol. The zero-order chi connectivity index (χ0) is 14.4. The van der Waals surface area contributed by atoms with Crippen molar-refractivity contribution in [2.75, 3.05) is 0 Å². The standard InChI is InChI=1S/C18H14N2O/c1-11-5-6-13(8-12(11)2)16-9-17-15(10-20-16)14-4-3-7-19-18(14)21-17/h3-10H,1-2H3. The van der Waals surface area contributed by atoms with Crippen LogP contribution in [0.15, 0.2) is 53.2 Å². The Morgan fingerprint density at radius 2 is 1.81 bits per heavy atom. The molecule has 3 heteroatoms. The minimum atomic E-state index is 0.659. The first-order valence-electron chi connectivity index (χ1n) is 6.93. The Hall–Kier alpha value is -2.68. The van der Waals surface area contributed by atoms with E-state index >= 15 is 0 Å². The Morgan fingerprint density at radius 3 is 2.67 bits per heavy atom. The lowest BCUT2D eigenvalue weighted by atomic mass is 10.0. The van der Waals surface area contributed by atoms with Crippen LogP contribution in [0, 0.1) is 13.8 Å². The lowest BCUT2D eigenvalue weighted by molar-refractivity contribution is 0.654. The van der Waals surface area contributed by atoms with Crippen LogP contribution in [0.1, 0.15) is 11.1 Å². The van der Waals surface area contributed by atoms with Gasteiger partial charge in [0, 0.05) is 34.8 Å². The molecule has 0 bridgehead atoms. The van der Waals surface area contributed by atoms with Crippen molar-refractivity contribution in [3.63, 3.8) is 0 Å². The fourth-order valence-corrected chi connectivity index (χ4v) is 2.56. The fourth-order valence-electron chi connectivity index (χ4n) is 2.56. The molecule has 0 spiro atoms. The van der Waals surface area contributed by atoms with Gasteiger partial charge in [0.15, 0.2) is 0 Å². The van der Waals surface area contributed by atoms with Crippen LogP contribution in [0.4, 0.5) is 0 Å². The first kappa shape index (κ1) is 12.1. The highest BCUT2D eigenvalue weighted by Gasteiger charge is 2.10.